The van der Waals surface area contributed by atoms with Gasteiger partial charge >= 0.3 is 0 Å². The van der Waals surface area contributed by atoms with Crippen LogP contribution in [0.15, 0.2) is 29.4 Å². The Morgan fingerprint density at radius 2 is 2.12 bits per heavy atom. The Hall–Kier alpha value is -1.98. The number of anilines is 2. The molecule has 2 unspecified atom stereocenters. The Morgan fingerprint density at radius 3 is 2.79 bits per heavy atom. The summed E-state index contributed by atoms with van der Waals surface area (Å²) in [7, 11) is -3.48. The van der Waals surface area contributed by atoms with Gasteiger partial charge < -0.3 is 14.5 Å². The third-order valence-corrected chi connectivity index (χ3v) is 8.92. The van der Waals surface area contributed by atoms with Gasteiger partial charge in [0.1, 0.15) is 28.4 Å². The van der Waals surface area contributed by atoms with Crippen LogP contribution in [0.2, 0.25) is 0 Å². The largest absolute Gasteiger partial charge is 0.474 e. The summed E-state index contributed by atoms with van der Waals surface area (Å²) in [4.78, 5) is 12.8. The van der Waals surface area contributed by atoms with Gasteiger partial charge in [0.05, 0.1) is 16.1 Å². The van der Waals surface area contributed by atoms with Crippen molar-refractivity contribution < 1.29 is 17.5 Å². The van der Waals surface area contributed by atoms with Crippen molar-refractivity contribution in [3.05, 3.63) is 35.9 Å². The number of ether oxygens (including phenoxy) is 1. The molecular weight excluding hydrogens is 495 g/mol. The summed E-state index contributed by atoms with van der Waals surface area (Å²) >= 11 is 7.34. The van der Waals surface area contributed by atoms with E-state index in [0.29, 0.717) is 24.7 Å². The van der Waals surface area contributed by atoms with Crippen LogP contribution >= 0.6 is 24.0 Å². The van der Waals surface area contributed by atoms with Gasteiger partial charge in [-0.25, -0.2) is 22.8 Å². The summed E-state index contributed by atoms with van der Waals surface area (Å²) in [6, 6.07) is 4.24. The van der Waals surface area contributed by atoms with E-state index in [4.69, 9.17) is 17.0 Å². The molecule has 0 spiro atoms. The molecule has 0 aliphatic carbocycles. The van der Waals surface area contributed by atoms with Crippen LogP contribution < -0.4 is 9.64 Å². The summed E-state index contributed by atoms with van der Waals surface area (Å²) < 4.78 is 45.6. The number of hydrogen-bond donors (Lipinski definition) is 0. The topological polar surface area (TPSA) is 75.6 Å². The third-order valence-electron chi connectivity index (χ3n) is 6.13. The van der Waals surface area contributed by atoms with Crippen molar-refractivity contribution in [2.24, 2.45) is 0 Å². The van der Waals surface area contributed by atoms with Gasteiger partial charge in [-0.1, -0.05) is 30.9 Å². The Balaban J connectivity index is 1.48. The highest BCUT2D eigenvalue weighted by Crippen LogP contribution is 2.39. The highest BCUT2D eigenvalue weighted by molar-refractivity contribution is 8.22. The molecule has 11 heteroatoms. The fraction of sp³-hybridized carbons (Fsp3) is 0.522. The lowest BCUT2D eigenvalue weighted by molar-refractivity contribution is 0.0982. The monoisotopic (exact) mass is 524 g/mol. The van der Waals surface area contributed by atoms with Crippen molar-refractivity contribution in [1.82, 2.24) is 14.9 Å². The number of rotatable bonds is 6. The van der Waals surface area contributed by atoms with Gasteiger partial charge in [-0.2, -0.15) is 0 Å². The summed E-state index contributed by atoms with van der Waals surface area (Å²) in [5, 5.41) is 0. The summed E-state index contributed by atoms with van der Waals surface area (Å²) in [5.74, 6) is 1.56. The van der Waals surface area contributed by atoms with Gasteiger partial charge in [-0.15, -0.1) is 0 Å². The fourth-order valence-corrected chi connectivity index (χ4v) is 6.35. The van der Waals surface area contributed by atoms with Crippen molar-refractivity contribution in [3.63, 3.8) is 0 Å². The smallest absolute Gasteiger partial charge is 0.222 e. The standard InChI is InChI=1S/C23H29FN4O3S3/c1-4-11-33-23(32)27-9-7-16(12-15(27)2)31-22-18-8-10-28(21(18)25-14-26-22)20-6-5-17(13-19(20)24)34(3,29)30/h5-6,13-16H,4,7-12H2,1-3H3. The van der Waals surface area contributed by atoms with E-state index in [-0.39, 0.29) is 22.7 Å². The van der Waals surface area contributed by atoms with Crippen molar-refractivity contribution in [2.45, 2.75) is 56.6 Å². The molecule has 3 heterocycles. The number of fused-ring (bicyclic) bond motifs is 1. The van der Waals surface area contributed by atoms with Gasteiger partial charge in [0, 0.05) is 38.2 Å². The van der Waals surface area contributed by atoms with E-state index in [9.17, 15) is 12.8 Å². The normalized spacial score (nSPS) is 20.4. The molecule has 2 aliphatic rings. The predicted molar refractivity (Wildman–Crippen MR) is 137 cm³/mol. The summed E-state index contributed by atoms with van der Waals surface area (Å²) in [5.41, 5.74) is 1.13. The molecule has 2 atom stereocenters. The predicted octanol–water partition coefficient (Wildman–Crippen LogP) is 4.37. The molecule has 0 bridgehead atoms. The maximum atomic E-state index is 14.8. The number of hydrogen-bond acceptors (Lipinski definition) is 8. The molecule has 0 N–H and O–H groups in total. The first kappa shape index (κ1) is 25.1. The van der Waals surface area contributed by atoms with Crippen molar-refractivity contribution in [1.29, 1.82) is 0 Å². The van der Waals surface area contributed by atoms with E-state index in [1.54, 1.807) is 16.7 Å². The molecule has 0 radical (unpaired) electrons. The van der Waals surface area contributed by atoms with Crippen LogP contribution in [-0.4, -0.2) is 64.9 Å². The lowest BCUT2D eigenvalue weighted by Gasteiger charge is -2.38. The van der Waals surface area contributed by atoms with Gasteiger partial charge in [-0.3, -0.25) is 0 Å². The molecule has 2 aliphatic heterocycles. The molecule has 4 rings (SSSR count). The number of thioether (sulfide) groups is 1. The second kappa shape index (κ2) is 10.3. The zero-order valence-electron chi connectivity index (χ0n) is 19.5. The number of nitrogens with zero attached hydrogens (tertiary/aromatic N) is 4. The Bertz CT molecular complexity index is 1180. The maximum Gasteiger partial charge on any atom is 0.222 e. The number of piperidine rings is 1. The van der Waals surface area contributed by atoms with E-state index < -0.39 is 15.7 Å². The highest BCUT2D eigenvalue weighted by Gasteiger charge is 2.32. The van der Waals surface area contributed by atoms with Crippen molar-refractivity contribution in [2.75, 3.05) is 30.0 Å². The molecule has 1 aromatic carbocycles. The van der Waals surface area contributed by atoms with E-state index in [1.807, 2.05) is 0 Å². The summed E-state index contributed by atoms with van der Waals surface area (Å²) in [6.07, 6.45) is 5.92. The average molecular weight is 525 g/mol. The van der Waals surface area contributed by atoms with E-state index in [1.165, 1.54) is 18.5 Å². The zero-order valence-corrected chi connectivity index (χ0v) is 22.0. The number of likely N-dealkylation sites (tertiary alicyclic amines) is 1. The molecule has 1 aromatic heterocycles. The first-order valence-corrected chi connectivity index (χ1v) is 14.7. The zero-order chi connectivity index (χ0) is 24.5. The molecule has 2 aromatic rings. The fourth-order valence-electron chi connectivity index (χ4n) is 4.38. The lowest BCUT2D eigenvalue weighted by Crippen LogP contribution is -2.46. The number of thiocarbonyl (C=S) groups is 1. The average Bonchev–Trinajstić information content (AvgIpc) is 3.22. The number of sulfone groups is 1. The van der Waals surface area contributed by atoms with Crippen LogP contribution in [0.3, 0.4) is 0 Å². The third kappa shape index (κ3) is 5.31. The van der Waals surface area contributed by atoms with Crippen molar-refractivity contribution in [3.8, 4) is 5.88 Å². The van der Waals surface area contributed by atoms with Gasteiger partial charge in [0.15, 0.2) is 9.84 Å². The molecule has 1 saturated heterocycles. The molecule has 34 heavy (non-hydrogen) atoms. The maximum absolute atomic E-state index is 14.8. The van der Waals surface area contributed by atoms with Gasteiger partial charge in [0.2, 0.25) is 5.88 Å². The highest BCUT2D eigenvalue weighted by atomic mass is 32.2. The minimum Gasteiger partial charge on any atom is -0.474 e. The Labute approximate surface area is 210 Å². The first-order chi connectivity index (χ1) is 16.2. The summed E-state index contributed by atoms with van der Waals surface area (Å²) in [6.45, 7) is 5.68. The van der Waals surface area contributed by atoms with Crippen molar-refractivity contribution >= 4 is 49.6 Å². The number of halogens is 1. The molecule has 7 nitrogen and oxygen atoms in total. The number of benzene rings is 1. The Morgan fingerprint density at radius 1 is 1.32 bits per heavy atom. The molecular formula is C23H29FN4O3S3. The van der Waals surface area contributed by atoms with Crippen LogP contribution in [0.4, 0.5) is 15.9 Å². The van der Waals surface area contributed by atoms with Crippen LogP contribution in [0.1, 0.15) is 38.7 Å². The number of aromatic nitrogens is 2. The van der Waals surface area contributed by atoms with E-state index >= 15 is 0 Å². The second-order valence-electron chi connectivity index (χ2n) is 8.69. The SMILES string of the molecule is CCCSC(=S)N1CCC(Oc2ncnc3c2CCN3c2ccc(S(C)(=O)=O)cc2F)CC1C. The van der Waals surface area contributed by atoms with E-state index in [2.05, 4.69) is 28.7 Å². The second-order valence-corrected chi connectivity index (χ2v) is 12.4. The Kier molecular flexibility index (Phi) is 7.63. The van der Waals surface area contributed by atoms with Crippen LogP contribution in [-0.2, 0) is 16.3 Å². The van der Waals surface area contributed by atoms with Gasteiger partial charge in [0.25, 0.3) is 0 Å². The van der Waals surface area contributed by atoms with Crippen LogP contribution in [0, 0.1) is 5.82 Å². The van der Waals surface area contributed by atoms with E-state index in [0.717, 1.165) is 53.8 Å². The van der Waals surface area contributed by atoms with Crippen LogP contribution in [0.25, 0.3) is 0 Å². The molecule has 0 amide bonds. The van der Waals surface area contributed by atoms with Crippen LogP contribution in [0.5, 0.6) is 5.88 Å². The minimum atomic E-state index is -3.48. The molecule has 1 fully saturated rings. The van der Waals surface area contributed by atoms with Gasteiger partial charge in [-0.05, 0) is 43.7 Å². The quantitative estimate of drug-likeness (QED) is 0.512. The lowest BCUT2D eigenvalue weighted by atomic mass is 10.0. The molecule has 0 saturated carbocycles. The molecule has 184 valence electrons. The first-order valence-electron chi connectivity index (χ1n) is 11.4. The minimum absolute atomic E-state index is 0.0176.